The van der Waals surface area contributed by atoms with Gasteiger partial charge in [0.25, 0.3) is 0 Å². The first-order valence-electron chi connectivity index (χ1n) is 5.30. The first-order chi connectivity index (χ1) is 7.70. The highest BCUT2D eigenvalue weighted by molar-refractivity contribution is 5.61. The molecule has 0 saturated heterocycles. The molecule has 0 radical (unpaired) electrons. The Bertz CT molecular complexity index is 401. The molecule has 6 heteroatoms. The predicted molar refractivity (Wildman–Crippen MR) is 57.5 cm³/mol. The van der Waals surface area contributed by atoms with Crippen molar-refractivity contribution in [3.63, 3.8) is 0 Å². The Morgan fingerprint density at radius 2 is 2.12 bits per heavy atom. The standard InChI is InChI=1S/C10H14N4O2/c11-5-8-9(12)16-14-10(8)13-6-1-3-7(15)4-2-6/h6-7,15H,1-4,12H2,(H,13,14). The van der Waals surface area contributed by atoms with Crippen LogP contribution in [0.3, 0.4) is 0 Å². The number of rotatable bonds is 2. The largest absolute Gasteiger partial charge is 0.393 e. The van der Waals surface area contributed by atoms with E-state index < -0.39 is 0 Å². The van der Waals surface area contributed by atoms with E-state index in [4.69, 9.17) is 15.5 Å². The van der Waals surface area contributed by atoms with E-state index in [0.29, 0.717) is 5.82 Å². The van der Waals surface area contributed by atoms with E-state index in [1.165, 1.54) is 0 Å². The second-order valence-corrected chi connectivity index (χ2v) is 4.03. The lowest BCUT2D eigenvalue weighted by Crippen LogP contribution is -2.28. The highest BCUT2D eigenvalue weighted by Gasteiger charge is 2.22. The predicted octanol–water partition coefficient (Wildman–Crippen LogP) is 0.844. The molecule has 6 nitrogen and oxygen atoms in total. The van der Waals surface area contributed by atoms with Crippen LogP contribution in [0.5, 0.6) is 0 Å². The Balaban J connectivity index is 2.02. The summed E-state index contributed by atoms with van der Waals surface area (Å²) in [5.74, 6) is 0.447. The van der Waals surface area contributed by atoms with Crippen molar-refractivity contribution in [2.24, 2.45) is 0 Å². The van der Waals surface area contributed by atoms with Crippen LogP contribution in [0.2, 0.25) is 0 Å². The number of nitriles is 1. The number of aliphatic hydroxyl groups is 1. The third-order valence-corrected chi connectivity index (χ3v) is 2.87. The molecule has 2 rings (SSSR count). The molecule has 0 unspecified atom stereocenters. The number of nitrogens with one attached hydrogen (secondary N) is 1. The van der Waals surface area contributed by atoms with Crippen LogP contribution < -0.4 is 11.1 Å². The van der Waals surface area contributed by atoms with E-state index in [-0.39, 0.29) is 23.6 Å². The van der Waals surface area contributed by atoms with Gasteiger partial charge in [-0.15, -0.1) is 0 Å². The second kappa shape index (κ2) is 4.41. The maximum atomic E-state index is 9.36. The lowest BCUT2D eigenvalue weighted by molar-refractivity contribution is 0.126. The summed E-state index contributed by atoms with van der Waals surface area (Å²) in [7, 11) is 0. The number of nitrogens with two attached hydrogens (primary N) is 1. The zero-order valence-corrected chi connectivity index (χ0v) is 8.81. The first-order valence-corrected chi connectivity index (χ1v) is 5.30. The van der Waals surface area contributed by atoms with E-state index in [2.05, 4.69) is 10.5 Å². The van der Waals surface area contributed by atoms with Gasteiger partial charge < -0.3 is 20.7 Å². The van der Waals surface area contributed by atoms with Gasteiger partial charge in [0.2, 0.25) is 5.88 Å². The molecule has 1 aliphatic carbocycles. The van der Waals surface area contributed by atoms with Crippen molar-refractivity contribution in [2.75, 3.05) is 11.1 Å². The number of nitrogens with zero attached hydrogens (tertiary/aromatic N) is 2. The van der Waals surface area contributed by atoms with E-state index >= 15 is 0 Å². The van der Waals surface area contributed by atoms with Gasteiger partial charge in [0.1, 0.15) is 6.07 Å². The fourth-order valence-corrected chi connectivity index (χ4v) is 1.92. The quantitative estimate of drug-likeness (QED) is 0.684. The third-order valence-electron chi connectivity index (χ3n) is 2.87. The summed E-state index contributed by atoms with van der Waals surface area (Å²) in [5, 5.41) is 25.0. The molecule has 1 heterocycles. The summed E-state index contributed by atoms with van der Waals surface area (Å²) < 4.78 is 4.74. The Morgan fingerprint density at radius 1 is 1.44 bits per heavy atom. The summed E-state index contributed by atoms with van der Waals surface area (Å²) in [6.07, 6.45) is 3.06. The summed E-state index contributed by atoms with van der Waals surface area (Å²) in [5.41, 5.74) is 5.70. The molecule has 1 aliphatic rings. The van der Waals surface area contributed by atoms with Gasteiger partial charge in [0.05, 0.1) is 6.10 Å². The summed E-state index contributed by atoms with van der Waals surface area (Å²) in [6, 6.07) is 2.17. The zero-order valence-electron chi connectivity index (χ0n) is 8.81. The van der Waals surface area contributed by atoms with Gasteiger partial charge in [0.15, 0.2) is 11.4 Å². The minimum absolute atomic E-state index is 0.0424. The monoisotopic (exact) mass is 222 g/mol. The molecule has 1 aromatic heterocycles. The molecule has 1 saturated carbocycles. The van der Waals surface area contributed by atoms with Gasteiger partial charge in [-0.1, -0.05) is 5.16 Å². The molecule has 86 valence electrons. The van der Waals surface area contributed by atoms with Crippen LogP contribution in [0, 0.1) is 11.3 Å². The summed E-state index contributed by atoms with van der Waals surface area (Å²) in [4.78, 5) is 0. The third kappa shape index (κ3) is 2.09. The average molecular weight is 222 g/mol. The fraction of sp³-hybridized carbons (Fsp3) is 0.600. The van der Waals surface area contributed by atoms with Crippen molar-refractivity contribution >= 4 is 11.7 Å². The van der Waals surface area contributed by atoms with Gasteiger partial charge in [-0.25, -0.2) is 0 Å². The smallest absolute Gasteiger partial charge is 0.242 e. The van der Waals surface area contributed by atoms with Crippen LogP contribution in [-0.2, 0) is 0 Å². The van der Waals surface area contributed by atoms with Crippen molar-refractivity contribution < 1.29 is 9.63 Å². The van der Waals surface area contributed by atoms with Gasteiger partial charge in [0, 0.05) is 6.04 Å². The number of anilines is 2. The maximum Gasteiger partial charge on any atom is 0.242 e. The molecule has 4 N–H and O–H groups in total. The van der Waals surface area contributed by atoms with Crippen LogP contribution in [0.15, 0.2) is 4.52 Å². The molecule has 0 amide bonds. The van der Waals surface area contributed by atoms with Crippen LogP contribution >= 0.6 is 0 Å². The first kappa shape index (κ1) is 10.8. The zero-order chi connectivity index (χ0) is 11.5. The van der Waals surface area contributed by atoms with E-state index in [1.807, 2.05) is 6.07 Å². The Labute approximate surface area is 93.0 Å². The molecule has 0 aliphatic heterocycles. The number of nitrogen functional groups attached to an aromatic ring is 1. The Hall–Kier alpha value is -1.74. The number of hydrogen-bond acceptors (Lipinski definition) is 6. The van der Waals surface area contributed by atoms with Gasteiger partial charge in [-0.05, 0) is 25.7 Å². The summed E-state index contributed by atoms with van der Waals surface area (Å²) >= 11 is 0. The fourth-order valence-electron chi connectivity index (χ4n) is 1.92. The minimum Gasteiger partial charge on any atom is -0.393 e. The normalized spacial score (nSPS) is 25.0. The van der Waals surface area contributed by atoms with E-state index in [9.17, 15) is 5.11 Å². The van der Waals surface area contributed by atoms with Crippen molar-refractivity contribution in [3.05, 3.63) is 5.56 Å². The molecular formula is C10H14N4O2. The van der Waals surface area contributed by atoms with Crippen LogP contribution in [-0.4, -0.2) is 22.4 Å². The van der Waals surface area contributed by atoms with Crippen molar-refractivity contribution in [2.45, 2.75) is 37.8 Å². The van der Waals surface area contributed by atoms with Crippen molar-refractivity contribution in [1.82, 2.24) is 5.16 Å². The van der Waals surface area contributed by atoms with Gasteiger partial charge in [-0.2, -0.15) is 5.26 Å². The van der Waals surface area contributed by atoms with Crippen molar-refractivity contribution in [3.8, 4) is 6.07 Å². The molecule has 0 aromatic carbocycles. The Morgan fingerprint density at radius 3 is 2.75 bits per heavy atom. The van der Waals surface area contributed by atoms with Gasteiger partial charge >= 0.3 is 0 Å². The second-order valence-electron chi connectivity index (χ2n) is 4.03. The number of aromatic nitrogens is 1. The molecule has 0 atom stereocenters. The van der Waals surface area contributed by atoms with Crippen LogP contribution in [0.25, 0.3) is 0 Å². The van der Waals surface area contributed by atoms with Crippen molar-refractivity contribution in [1.29, 1.82) is 5.26 Å². The number of hydrogen-bond donors (Lipinski definition) is 3. The molecule has 0 bridgehead atoms. The molecular weight excluding hydrogens is 208 g/mol. The highest BCUT2D eigenvalue weighted by Crippen LogP contribution is 2.25. The van der Waals surface area contributed by atoms with Crippen LogP contribution in [0.4, 0.5) is 11.7 Å². The highest BCUT2D eigenvalue weighted by atomic mass is 16.5. The molecule has 16 heavy (non-hydrogen) atoms. The lowest BCUT2D eigenvalue weighted by Gasteiger charge is -2.25. The van der Waals surface area contributed by atoms with E-state index in [1.54, 1.807) is 0 Å². The summed E-state index contributed by atoms with van der Waals surface area (Å²) in [6.45, 7) is 0. The molecule has 1 aromatic rings. The van der Waals surface area contributed by atoms with Crippen LogP contribution in [0.1, 0.15) is 31.2 Å². The molecule has 0 spiro atoms. The Kier molecular flexibility index (Phi) is 2.97. The SMILES string of the molecule is N#Cc1c(NC2CCC(O)CC2)noc1N. The minimum atomic E-state index is -0.198. The topological polar surface area (TPSA) is 108 Å². The average Bonchev–Trinajstić information content (AvgIpc) is 2.63. The molecule has 1 fully saturated rings. The van der Waals surface area contributed by atoms with Gasteiger partial charge in [-0.3, -0.25) is 0 Å². The number of aliphatic hydroxyl groups excluding tert-OH is 1. The maximum absolute atomic E-state index is 9.36. The van der Waals surface area contributed by atoms with E-state index in [0.717, 1.165) is 25.7 Å². The lowest BCUT2D eigenvalue weighted by atomic mass is 9.93.